The summed E-state index contributed by atoms with van der Waals surface area (Å²) in [5.74, 6) is -0.0102. The molecule has 1 N–H and O–H groups in total. The van der Waals surface area contributed by atoms with Crippen LogP contribution in [0.3, 0.4) is 0 Å². The number of Topliss-reactive ketones (excluding diaryl/α,β-unsaturated/α-hetero) is 1. The number of nitrogens with zero attached hydrogens (tertiary/aromatic N) is 1. The van der Waals surface area contributed by atoms with E-state index in [-0.39, 0.29) is 5.78 Å². The first-order valence-electron chi connectivity index (χ1n) is 2.64. The highest BCUT2D eigenvalue weighted by atomic mass is 16.1. The van der Waals surface area contributed by atoms with Crippen LogP contribution in [0.15, 0.2) is 17.3 Å². The van der Waals surface area contributed by atoms with E-state index < -0.39 is 0 Å². The summed E-state index contributed by atoms with van der Waals surface area (Å²) in [6.07, 6.45) is 4.79. The second-order valence-corrected chi connectivity index (χ2v) is 1.70. The van der Waals surface area contributed by atoms with Crippen LogP contribution in [-0.4, -0.2) is 12.1 Å². The molecule has 1 aliphatic rings. The van der Waals surface area contributed by atoms with Crippen LogP contribution in [0.5, 0.6) is 0 Å². The molecule has 0 fully saturated rings. The van der Waals surface area contributed by atoms with Crippen molar-refractivity contribution < 1.29 is 4.79 Å². The van der Waals surface area contributed by atoms with Gasteiger partial charge in [0.15, 0.2) is 11.8 Å². The van der Waals surface area contributed by atoms with E-state index in [1.807, 2.05) is 0 Å². The van der Waals surface area contributed by atoms with Gasteiger partial charge in [0.2, 0.25) is 0 Å². The first kappa shape index (κ1) is 6.01. The molecule has 0 bridgehead atoms. The zero-order valence-electron chi connectivity index (χ0n) is 5.09. The molecule has 1 rings (SSSR count). The van der Waals surface area contributed by atoms with Crippen molar-refractivity contribution in [1.82, 2.24) is 5.32 Å². The predicted octanol–water partition coefficient (Wildman–Crippen LogP) is 0.253. The van der Waals surface area contributed by atoms with Crippen molar-refractivity contribution >= 4 is 12.1 Å². The summed E-state index contributed by atoms with van der Waals surface area (Å²) in [5.41, 5.74) is 0. The van der Waals surface area contributed by atoms with E-state index in [1.54, 1.807) is 12.3 Å². The van der Waals surface area contributed by atoms with Crippen molar-refractivity contribution in [3.05, 3.63) is 18.3 Å². The maximum Gasteiger partial charge on any atom is 0.176 e. The average molecular weight is 123 g/mol. The molecular formula is C6H7N2O. The molecule has 0 aromatic heterocycles. The summed E-state index contributed by atoms with van der Waals surface area (Å²) >= 11 is 0. The van der Waals surface area contributed by atoms with Crippen molar-refractivity contribution in [2.24, 2.45) is 4.99 Å². The van der Waals surface area contributed by atoms with Gasteiger partial charge in [-0.25, -0.2) is 0 Å². The standard InChI is InChI=1S/C6H7N2O/c1-5(9)6-2-3-7-4-8-6/h2-4H,1H3,(H,7,8). The molecule has 1 radical (unpaired) electrons. The molecule has 1 aliphatic heterocycles. The predicted molar refractivity (Wildman–Crippen MR) is 34.7 cm³/mol. The van der Waals surface area contributed by atoms with Crippen LogP contribution < -0.4 is 5.32 Å². The highest BCUT2D eigenvalue weighted by Crippen LogP contribution is 2.05. The lowest BCUT2D eigenvalue weighted by Gasteiger charge is -2.03. The van der Waals surface area contributed by atoms with Gasteiger partial charge in [-0.15, -0.1) is 0 Å². The lowest BCUT2D eigenvalue weighted by molar-refractivity contribution is -0.114. The van der Waals surface area contributed by atoms with Gasteiger partial charge < -0.3 is 5.32 Å². The van der Waals surface area contributed by atoms with Crippen molar-refractivity contribution in [2.75, 3.05) is 0 Å². The fourth-order valence-corrected chi connectivity index (χ4v) is 0.528. The van der Waals surface area contributed by atoms with Crippen LogP contribution >= 0.6 is 0 Å². The van der Waals surface area contributed by atoms with E-state index in [2.05, 4.69) is 10.3 Å². The van der Waals surface area contributed by atoms with Gasteiger partial charge in [-0.3, -0.25) is 9.79 Å². The molecule has 0 atom stereocenters. The Kier molecular flexibility index (Phi) is 1.63. The minimum Gasteiger partial charge on any atom is -0.353 e. The zero-order chi connectivity index (χ0) is 6.69. The Morgan fingerprint density at radius 1 is 1.78 bits per heavy atom. The largest absolute Gasteiger partial charge is 0.353 e. The molecule has 0 saturated heterocycles. The molecule has 0 amide bonds. The van der Waals surface area contributed by atoms with E-state index in [0.717, 1.165) is 0 Å². The smallest absolute Gasteiger partial charge is 0.176 e. The van der Waals surface area contributed by atoms with Crippen LogP contribution in [0.25, 0.3) is 0 Å². The van der Waals surface area contributed by atoms with E-state index in [9.17, 15) is 4.79 Å². The molecule has 3 heteroatoms. The Morgan fingerprint density at radius 3 is 2.89 bits per heavy atom. The molecule has 9 heavy (non-hydrogen) atoms. The summed E-state index contributed by atoms with van der Waals surface area (Å²) in [4.78, 5) is 14.3. The van der Waals surface area contributed by atoms with Crippen molar-refractivity contribution in [2.45, 2.75) is 6.92 Å². The highest BCUT2D eigenvalue weighted by Gasteiger charge is 2.09. The monoisotopic (exact) mass is 123 g/mol. The fraction of sp³-hybridized carbons (Fsp3) is 0.167. The lowest BCUT2D eigenvalue weighted by Crippen LogP contribution is -2.12. The van der Waals surface area contributed by atoms with Crippen LogP contribution in [0.2, 0.25) is 0 Å². The van der Waals surface area contributed by atoms with Crippen molar-refractivity contribution in [1.29, 1.82) is 0 Å². The molecule has 0 unspecified atom stereocenters. The van der Waals surface area contributed by atoms with Crippen LogP contribution in [0, 0.1) is 6.04 Å². The number of nitrogens with one attached hydrogen (secondary N) is 1. The normalized spacial score (nSPS) is 17.4. The Bertz CT molecular complexity index is 160. The van der Waals surface area contributed by atoms with Gasteiger partial charge in [-0.05, 0) is 13.0 Å². The van der Waals surface area contributed by atoms with E-state index in [0.29, 0.717) is 6.04 Å². The number of aliphatic imine (C=N–C) groups is 1. The Hall–Kier alpha value is -1.12. The molecule has 0 aromatic carbocycles. The molecule has 1 heterocycles. The maximum atomic E-state index is 10.6. The quantitative estimate of drug-likeness (QED) is 0.543. The number of rotatable bonds is 1. The number of hydrogen-bond acceptors (Lipinski definition) is 3. The second-order valence-electron chi connectivity index (χ2n) is 1.70. The second kappa shape index (κ2) is 2.44. The SMILES string of the molecule is CC(=O)[C]1C=CNC=N1. The highest BCUT2D eigenvalue weighted by molar-refractivity contribution is 5.93. The van der Waals surface area contributed by atoms with Crippen LogP contribution in [0.1, 0.15) is 6.92 Å². The zero-order valence-corrected chi connectivity index (χ0v) is 5.09. The molecule has 0 saturated carbocycles. The fourth-order valence-electron chi connectivity index (χ4n) is 0.528. The molecular weight excluding hydrogens is 116 g/mol. The van der Waals surface area contributed by atoms with Crippen molar-refractivity contribution in [3.8, 4) is 0 Å². The minimum atomic E-state index is -0.0102. The third-order valence-electron chi connectivity index (χ3n) is 0.976. The number of carbonyl (C=O) groups is 1. The average Bonchev–Trinajstić information content (AvgIpc) is 1.90. The Morgan fingerprint density at radius 2 is 2.56 bits per heavy atom. The van der Waals surface area contributed by atoms with Gasteiger partial charge in [0.05, 0.1) is 6.34 Å². The number of ketones is 1. The molecule has 0 spiro atoms. The minimum absolute atomic E-state index is 0.0102. The molecule has 3 nitrogen and oxygen atoms in total. The van der Waals surface area contributed by atoms with E-state index in [4.69, 9.17) is 0 Å². The third kappa shape index (κ3) is 1.38. The van der Waals surface area contributed by atoms with Gasteiger partial charge in [-0.1, -0.05) is 0 Å². The topological polar surface area (TPSA) is 41.5 Å². The number of carbonyl (C=O) groups excluding carboxylic acids is 1. The van der Waals surface area contributed by atoms with Gasteiger partial charge >= 0.3 is 0 Å². The van der Waals surface area contributed by atoms with Crippen LogP contribution in [-0.2, 0) is 4.79 Å². The summed E-state index contributed by atoms with van der Waals surface area (Å²) < 4.78 is 0. The maximum absolute atomic E-state index is 10.6. The molecule has 0 aromatic rings. The van der Waals surface area contributed by atoms with Gasteiger partial charge in [-0.2, -0.15) is 0 Å². The lowest BCUT2D eigenvalue weighted by atomic mass is 10.2. The summed E-state index contributed by atoms with van der Waals surface area (Å²) in [5, 5.41) is 2.72. The van der Waals surface area contributed by atoms with Crippen molar-refractivity contribution in [3.63, 3.8) is 0 Å². The number of hydrogen-bond donors (Lipinski definition) is 1. The van der Waals surface area contributed by atoms with Crippen LogP contribution in [0.4, 0.5) is 0 Å². The van der Waals surface area contributed by atoms with Gasteiger partial charge in [0.1, 0.15) is 0 Å². The summed E-state index contributed by atoms with van der Waals surface area (Å²) in [7, 11) is 0. The summed E-state index contributed by atoms with van der Waals surface area (Å²) in [6.45, 7) is 1.49. The molecule has 0 aliphatic carbocycles. The summed E-state index contributed by atoms with van der Waals surface area (Å²) in [6, 6.07) is 0.494. The first-order valence-corrected chi connectivity index (χ1v) is 2.64. The molecule has 47 valence electrons. The van der Waals surface area contributed by atoms with Gasteiger partial charge in [0.25, 0.3) is 0 Å². The Balaban J connectivity index is 2.60. The van der Waals surface area contributed by atoms with E-state index in [1.165, 1.54) is 13.3 Å². The van der Waals surface area contributed by atoms with Gasteiger partial charge in [0, 0.05) is 6.20 Å². The Labute approximate surface area is 53.5 Å². The third-order valence-corrected chi connectivity index (χ3v) is 0.976. The first-order chi connectivity index (χ1) is 4.30. The van der Waals surface area contributed by atoms with E-state index >= 15 is 0 Å².